The van der Waals surface area contributed by atoms with Gasteiger partial charge in [-0.3, -0.25) is 0 Å². The Morgan fingerprint density at radius 1 is 0.786 bits per heavy atom. The van der Waals surface area contributed by atoms with Crippen LogP contribution in [-0.4, -0.2) is 13.4 Å². The first-order valence-corrected chi connectivity index (χ1v) is 10.1. The van der Waals surface area contributed by atoms with Crippen molar-refractivity contribution in [1.82, 2.24) is 4.98 Å². The van der Waals surface area contributed by atoms with E-state index in [2.05, 4.69) is 23.2 Å². The standard InChI is InChI=1S/C23H12NO2S.Ir/c25-27(26)20-8-4-3-7-18(20)23-22-17(11-12-24-23)16-10-9-14-5-1-2-6-15(14)19(16)13-21(22)27;/h1-6,8-13H;/q-1;. The van der Waals surface area contributed by atoms with Crippen molar-refractivity contribution in [3.63, 3.8) is 0 Å². The molecule has 137 valence electrons. The summed E-state index contributed by atoms with van der Waals surface area (Å²) in [6, 6.07) is 24.1. The summed E-state index contributed by atoms with van der Waals surface area (Å²) in [6.45, 7) is 0. The first-order chi connectivity index (χ1) is 13.2. The minimum atomic E-state index is -3.64. The molecule has 0 bridgehead atoms. The van der Waals surface area contributed by atoms with E-state index in [0.29, 0.717) is 21.5 Å². The van der Waals surface area contributed by atoms with Crippen molar-refractivity contribution in [3.05, 3.63) is 79.0 Å². The van der Waals surface area contributed by atoms with E-state index in [1.165, 1.54) is 0 Å². The average Bonchev–Trinajstić information content (AvgIpc) is 2.71. The van der Waals surface area contributed by atoms with Crippen LogP contribution in [-0.2, 0) is 29.9 Å². The summed E-state index contributed by atoms with van der Waals surface area (Å²) >= 11 is 0. The molecule has 2 heterocycles. The van der Waals surface area contributed by atoms with Crippen LogP contribution in [0.15, 0.2) is 82.7 Å². The molecule has 0 unspecified atom stereocenters. The Hall–Kier alpha value is -2.59. The van der Waals surface area contributed by atoms with Gasteiger partial charge in [-0.25, -0.2) is 8.42 Å². The maximum absolute atomic E-state index is 13.4. The number of aromatic nitrogens is 1. The Morgan fingerprint density at radius 3 is 2.54 bits per heavy atom. The van der Waals surface area contributed by atoms with Gasteiger partial charge >= 0.3 is 0 Å². The number of rotatable bonds is 0. The van der Waals surface area contributed by atoms with Crippen molar-refractivity contribution in [2.75, 3.05) is 0 Å². The predicted molar refractivity (Wildman–Crippen MR) is 106 cm³/mol. The van der Waals surface area contributed by atoms with Crippen molar-refractivity contribution >= 4 is 42.2 Å². The van der Waals surface area contributed by atoms with Crippen molar-refractivity contribution in [2.24, 2.45) is 0 Å². The van der Waals surface area contributed by atoms with Crippen LogP contribution in [0.5, 0.6) is 0 Å². The second kappa shape index (κ2) is 5.95. The van der Waals surface area contributed by atoms with Crippen LogP contribution in [0.25, 0.3) is 43.6 Å². The summed E-state index contributed by atoms with van der Waals surface area (Å²) in [5.74, 6) is 0. The normalized spacial score (nSPS) is 14.0. The van der Waals surface area contributed by atoms with Gasteiger partial charge in [-0.2, -0.15) is 0 Å². The number of pyridine rings is 1. The van der Waals surface area contributed by atoms with E-state index in [4.69, 9.17) is 0 Å². The summed E-state index contributed by atoms with van der Waals surface area (Å²) in [6.07, 6.45) is 1.75. The molecule has 0 atom stereocenters. The van der Waals surface area contributed by atoms with E-state index in [9.17, 15) is 8.42 Å². The van der Waals surface area contributed by atoms with E-state index in [1.807, 2.05) is 36.4 Å². The number of fused-ring (bicyclic) bond motifs is 6. The second-order valence-corrected chi connectivity index (χ2v) is 8.64. The first-order valence-electron chi connectivity index (χ1n) is 8.65. The molecule has 0 saturated heterocycles. The molecule has 1 aromatic heterocycles. The minimum absolute atomic E-state index is 0. The zero-order valence-electron chi connectivity index (χ0n) is 14.4. The van der Waals surface area contributed by atoms with Gasteiger partial charge in [0, 0.05) is 26.3 Å². The third-order valence-electron chi connectivity index (χ3n) is 5.37. The molecule has 6 rings (SSSR count). The molecule has 5 aromatic rings. The van der Waals surface area contributed by atoms with Gasteiger partial charge < -0.3 is 4.98 Å². The van der Waals surface area contributed by atoms with Gasteiger partial charge in [-0.15, -0.1) is 29.8 Å². The average molecular weight is 559 g/mol. The second-order valence-electron chi connectivity index (χ2n) is 6.75. The van der Waals surface area contributed by atoms with Crippen molar-refractivity contribution in [2.45, 2.75) is 9.79 Å². The van der Waals surface area contributed by atoms with Gasteiger partial charge in [-0.05, 0) is 55.0 Å². The zero-order chi connectivity index (χ0) is 18.2. The Labute approximate surface area is 175 Å². The Kier molecular flexibility index (Phi) is 3.72. The fourth-order valence-electron chi connectivity index (χ4n) is 4.18. The zero-order valence-corrected chi connectivity index (χ0v) is 17.6. The molecular weight excluding hydrogens is 547 g/mol. The smallest absolute Gasteiger partial charge is 0.172 e. The van der Waals surface area contributed by atoms with Gasteiger partial charge in [0.25, 0.3) is 0 Å². The largest absolute Gasteiger partial charge is 0.304 e. The molecule has 0 saturated carbocycles. The summed E-state index contributed by atoms with van der Waals surface area (Å²) in [7, 11) is -3.64. The van der Waals surface area contributed by atoms with Gasteiger partial charge in [0.2, 0.25) is 0 Å². The van der Waals surface area contributed by atoms with Gasteiger partial charge in [0.05, 0.1) is 4.90 Å². The third kappa shape index (κ3) is 2.12. The molecule has 4 aromatic carbocycles. The van der Waals surface area contributed by atoms with E-state index >= 15 is 0 Å². The van der Waals surface area contributed by atoms with E-state index in [0.717, 1.165) is 26.9 Å². The fraction of sp³-hybridized carbons (Fsp3) is 0. The van der Waals surface area contributed by atoms with Gasteiger partial charge in [0.15, 0.2) is 9.84 Å². The molecular formula is C23H12IrNO2S-. The van der Waals surface area contributed by atoms with Gasteiger partial charge in [-0.1, -0.05) is 36.4 Å². The molecule has 3 nitrogen and oxygen atoms in total. The van der Waals surface area contributed by atoms with Crippen LogP contribution in [0.4, 0.5) is 0 Å². The molecule has 1 radical (unpaired) electrons. The van der Waals surface area contributed by atoms with Gasteiger partial charge in [0.1, 0.15) is 0 Å². The quantitative estimate of drug-likeness (QED) is 0.191. The molecule has 0 fully saturated rings. The van der Waals surface area contributed by atoms with Crippen LogP contribution < -0.4 is 0 Å². The molecule has 0 spiro atoms. The maximum Gasteiger partial charge on any atom is 0.172 e. The monoisotopic (exact) mass is 559 g/mol. The number of sulfone groups is 1. The number of benzene rings is 4. The first kappa shape index (κ1) is 17.5. The summed E-state index contributed by atoms with van der Waals surface area (Å²) < 4.78 is 26.8. The topological polar surface area (TPSA) is 47.0 Å². The molecule has 1 aliphatic rings. The Bertz CT molecular complexity index is 1540. The molecule has 1 aliphatic heterocycles. The van der Waals surface area contributed by atoms with E-state index in [1.54, 1.807) is 24.4 Å². The maximum atomic E-state index is 13.4. The van der Waals surface area contributed by atoms with Crippen molar-refractivity contribution in [1.29, 1.82) is 0 Å². The summed E-state index contributed by atoms with van der Waals surface area (Å²) in [5, 5.41) is 5.71. The number of nitrogens with zero attached hydrogens (tertiary/aromatic N) is 1. The van der Waals surface area contributed by atoms with Crippen LogP contribution in [0.1, 0.15) is 0 Å². The molecule has 5 heteroatoms. The van der Waals surface area contributed by atoms with Crippen LogP contribution in [0.3, 0.4) is 0 Å². The molecule has 28 heavy (non-hydrogen) atoms. The SMILES string of the molecule is O=S1(=O)c2ccc[c-]c2-c2nccc3c2c1cc1c2ccccc2ccc31.[Ir]. The van der Waals surface area contributed by atoms with Crippen LogP contribution in [0, 0.1) is 6.07 Å². The number of hydrogen-bond acceptors (Lipinski definition) is 3. The Balaban J connectivity index is 0.00000171. The van der Waals surface area contributed by atoms with Crippen molar-refractivity contribution < 1.29 is 28.5 Å². The minimum Gasteiger partial charge on any atom is -0.304 e. The summed E-state index contributed by atoms with van der Waals surface area (Å²) in [5.41, 5.74) is 1.23. The number of hydrogen-bond donors (Lipinski definition) is 0. The fourth-order valence-corrected chi connectivity index (χ4v) is 5.84. The predicted octanol–water partition coefficient (Wildman–Crippen LogP) is 5.15. The molecule has 0 N–H and O–H groups in total. The van der Waals surface area contributed by atoms with Crippen LogP contribution in [0.2, 0.25) is 0 Å². The third-order valence-corrected chi connectivity index (χ3v) is 7.19. The van der Waals surface area contributed by atoms with Crippen LogP contribution >= 0.6 is 0 Å². The summed E-state index contributed by atoms with van der Waals surface area (Å²) in [4.78, 5) is 5.12. The van der Waals surface area contributed by atoms with E-state index < -0.39 is 9.84 Å². The van der Waals surface area contributed by atoms with E-state index in [-0.39, 0.29) is 25.0 Å². The Morgan fingerprint density at radius 2 is 1.64 bits per heavy atom. The van der Waals surface area contributed by atoms with Crippen molar-refractivity contribution in [3.8, 4) is 11.3 Å². The molecule has 0 aliphatic carbocycles. The molecule has 0 amide bonds.